The summed E-state index contributed by atoms with van der Waals surface area (Å²) in [5.41, 5.74) is 0. The molecule has 0 aliphatic carbocycles. The van der Waals surface area contributed by atoms with Crippen LogP contribution in [0.1, 0.15) is 19.7 Å². The second-order valence-electron chi connectivity index (χ2n) is 3.56. The number of aromatic nitrogens is 3. The van der Waals surface area contributed by atoms with Crippen molar-refractivity contribution in [2.45, 2.75) is 26.9 Å². The predicted molar refractivity (Wildman–Crippen MR) is 55.4 cm³/mol. The van der Waals surface area contributed by atoms with Gasteiger partial charge in [0.1, 0.15) is 12.2 Å². The smallest absolute Gasteiger partial charge is 0.140 e. The molecule has 0 amide bonds. The molecule has 0 aliphatic heterocycles. The number of nitrogens with zero attached hydrogens (tertiary/aromatic N) is 3. The Balaban J connectivity index is 2.50. The monoisotopic (exact) mass is 192 g/mol. The quantitative estimate of drug-likeness (QED) is 0.550. The number of hydrogen-bond acceptors (Lipinski definition) is 3. The van der Waals surface area contributed by atoms with Crippen molar-refractivity contribution in [2.75, 3.05) is 6.54 Å². The molecule has 0 aromatic carbocycles. The second kappa shape index (κ2) is 5.40. The molecule has 1 rings (SSSR count). The molecule has 4 heteroatoms. The summed E-state index contributed by atoms with van der Waals surface area (Å²) in [6.07, 6.45) is 6.71. The predicted octanol–water partition coefficient (Wildman–Crippen LogP) is 0.657. The van der Waals surface area contributed by atoms with Gasteiger partial charge >= 0.3 is 0 Å². The Kier molecular flexibility index (Phi) is 4.14. The maximum Gasteiger partial charge on any atom is 0.140 e. The van der Waals surface area contributed by atoms with Gasteiger partial charge in [0, 0.05) is 6.54 Å². The number of terminal acetylenes is 1. The summed E-state index contributed by atoms with van der Waals surface area (Å²) in [5.74, 6) is 4.03. The zero-order valence-corrected chi connectivity index (χ0v) is 8.70. The van der Waals surface area contributed by atoms with Gasteiger partial charge in [-0.1, -0.05) is 19.8 Å². The molecule has 0 fully saturated rings. The zero-order chi connectivity index (χ0) is 10.4. The topological polar surface area (TPSA) is 42.7 Å². The maximum atomic E-state index is 5.13. The van der Waals surface area contributed by atoms with E-state index in [4.69, 9.17) is 6.42 Å². The van der Waals surface area contributed by atoms with Gasteiger partial charge in [0.15, 0.2) is 0 Å². The molecule has 14 heavy (non-hydrogen) atoms. The van der Waals surface area contributed by atoms with E-state index in [1.165, 1.54) is 0 Å². The summed E-state index contributed by atoms with van der Waals surface area (Å²) in [6, 6.07) is 0. The number of rotatable bonds is 5. The third-order valence-electron chi connectivity index (χ3n) is 1.74. The van der Waals surface area contributed by atoms with Crippen LogP contribution >= 0.6 is 0 Å². The van der Waals surface area contributed by atoms with Crippen molar-refractivity contribution >= 4 is 0 Å². The van der Waals surface area contributed by atoms with E-state index in [-0.39, 0.29) is 0 Å². The lowest BCUT2D eigenvalue weighted by Crippen LogP contribution is -2.19. The Bertz CT molecular complexity index is 308. The SMILES string of the molecule is C#CCNCc1ncnn1CC(C)C. The van der Waals surface area contributed by atoms with Crippen LogP contribution in [0.4, 0.5) is 0 Å². The molecule has 4 nitrogen and oxygen atoms in total. The molecule has 0 bridgehead atoms. The van der Waals surface area contributed by atoms with Crippen molar-refractivity contribution in [1.82, 2.24) is 20.1 Å². The summed E-state index contributed by atoms with van der Waals surface area (Å²) >= 11 is 0. The molecule has 0 saturated carbocycles. The minimum atomic E-state index is 0.564. The number of hydrogen-bond donors (Lipinski definition) is 1. The molecule has 1 N–H and O–H groups in total. The molecule has 76 valence electrons. The summed E-state index contributed by atoms with van der Waals surface area (Å²) in [5, 5.41) is 7.24. The highest BCUT2D eigenvalue weighted by molar-refractivity contribution is 4.90. The fraction of sp³-hybridized carbons (Fsp3) is 0.600. The highest BCUT2D eigenvalue weighted by Crippen LogP contribution is 2.00. The van der Waals surface area contributed by atoms with Gasteiger partial charge in [0.25, 0.3) is 0 Å². The lowest BCUT2D eigenvalue weighted by Gasteiger charge is -2.08. The van der Waals surface area contributed by atoms with E-state index in [9.17, 15) is 0 Å². The van der Waals surface area contributed by atoms with E-state index < -0.39 is 0 Å². The van der Waals surface area contributed by atoms with Crippen molar-refractivity contribution in [3.05, 3.63) is 12.2 Å². The van der Waals surface area contributed by atoms with Crippen LogP contribution in [0, 0.1) is 18.3 Å². The highest BCUT2D eigenvalue weighted by Gasteiger charge is 2.04. The first kappa shape index (κ1) is 10.7. The first-order valence-electron chi connectivity index (χ1n) is 4.75. The van der Waals surface area contributed by atoms with Gasteiger partial charge in [-0.05, 0) is 5.92 Å². The van der Waals surface area contributed by atoms with Crippen LogP contribution in [0.15, 0.2) is 6.33 Å². The highest BCUT2D eigenvalue weighted by atomic mass is 15.3. The Hall–Kier alpha value is -1.34. The Labute approximate surface area is 84.7 Å². The van der Waals surface area contributed by atoms with Crippen LogP contribution in [-0.2, 0) is 13.1 Å². The molecule has 0 atom stereocenters. The Morgan fingerprint density at radius 1 is 1.64 bits per heavy atom. The van der Waals surface area contributed by atoms with Gasteiger partial charge in [0.05, 0.1) is 13.1 Å². The van der Waals surface area contributed by atoms with Gasteiger partial charge < -0.3 is 0 Å². The first-order chi connectivity index (χ1) is 6.74. The maximum absolute atomic E-state index is 5.13. The Morgan fingerprint density at radius 3 is 3.07 bits per heavy atom. The average molecular weight is 192 g/mol. The molecule has 1 aromatic rings. The molecule has 0 radical (unpaired) electrons. The average Bonchev–Trinajstić information content (AvgIpc) is 2.52. The molecule has 1 aromatic heterocycles. The van der Waals surface area contributed by atoms with Gasteiger partial charge in [-0.2, -0.15) is 5.10 Å². The molecule has 0 aliphatic rings. The molecular weight excluding hydrogens is 176 g/mol. The standard InChI is InChI=1S/C10H16N4/c1-4-5-11-6-10-12-8-13-14(10)7-9(2)3/h1,8-9,11H,5-7H2,2-3H3. The molecule has 0 spiro atoms. The minimum absolute atomic E-state index is 0.564. The largest absolute Gasteiger partial charge is 0.299 e. The molecule has 0 saturated heterocycles. The molecule has 1 heterocycles. The lowest BCUT2D eigenvalue weighted by molar-refractivity contribution is 0.460. The number of nitrogens with one attached hydrogen (secondary N) is 1. The second-order valence-corrected chi connectivity index (χ2v) is 3.56. The van der Waals surface area contributed by atoms with E-state index in [0.29, 0.717) is 19.0 Å². The van der Waals surface area contributed by atoms with Crippen LogP contribution in [0.5, 0.6) is 0 Å². The van der Waals surface area contributed by atoms with Gasteiger partial charge in [-0.25, -0.2) is 9.67 Å². The summed E-state index contributed by atoms with van der Waals surface area (Å²) in [6.45, 7) is 6.44. The van der Waals surface area contributed by atoms with Gasteiger partial charge in [-0.15, -0.1) is 6.42 Å². The van der Waals surface area contributed by atoms with Crippen LogP contribution in [0.2, 0.25) is 0 Å². The summed E-state index contributed by atoms with van der Waals surface area (Å²) < 4.78 is 1.91. The third-order valence-corrected chi connectivity index (χ3v) is 1.74. The van der Waals surface area contributed by atoms with Crippen molar-refractivity contribution in [3.63, 3.8) is 0 Å². The summed E-state index contributed by atoms with van der Waals surface area (Å²) in [4.78, 5) is 4.16. The zero-order valence-electron chi connectivity index (χ0n) is 8.70. The van der Waals surface area contributed by atoms with Crippen molar-refractivity contribution in [1.29, 1.82) is 0 Å². The van der Waals surface area contributed by atoms with E-state index in [2.05, 4.69) is 35.2 Å². The molecular formula is C10H16N4. The normalized spacial score (nSPS) is 10.4. The fourth-order valence-electron chi connectivity index (χ4n) is 1.17. The van der Waals surface area contributed by atoms with Crippen molar-refractivity contribution in [2.24, 2.45) is 5.92 Å². The molecule has 0 unspecified atom stereocenters. The summed E-state index contributed by atoms with van der Waals surface area (Å²) in [7, 11) is 0. The first-order valence-corrected chi connectivity index (χ1v) is 4.75. The lowest BCUT2D eigenvalue weighted by atomic mass is 10.2. The van der Waals surface area contributed by atoms with Crippen LogP contribution in [0.25, 0.3) is 0 Å². The Morgan fingerprint density at radius 2 is 2.43 bits per heavy atom. The third kappa shape index (κ3) is 3.19. The van der Waals surface area contributed by atoms with Crippen LogP contribution in [-0.4, -0.2) is 21.3 Å². The van der Waals surface area contributed by atoms with E-state index >= 15 is 0 Å². The van der Waals surface area contributed by atoms with E-state index in [1.807, 2.05) is 4.68 Å². The van der Waals surface area contributed by atoms with Crippen LogP contribution < -0.4 is 5.32 Å². The van der Waals surface area contributed by atoms with Gasteiger partial charge in [-0.3, -0.25) is 5.32 Å². The van der Waals surface area contributed by atoms with Gasteiger partial charge in [0.2, 0.25) is 0 Å². The van der Waals surface area contributed by atoms with Crippen molar-refractivity contribution < 1.29 is 0 Å². The minimum Gasteiger partial charge on any atom is -0.299 e. The van der Waals surface area contributed by atoms with Crippen LogP contribution in [0.3, 0.4) is 0 Å². The fourth-order valence-corrected chi connectivity index (χ4v) is 1.17. The van der Waals surface area contributed by atoms with E-state index in [1.54, 1.807) is 6.33 Å². The van der Waals surface area contributed by atoms with E-state index in [0.717, 1.165) is 12.4 Å². The van der Waals surface area contributed by atoms with Crippen molar-refractivity contribution in [3.8, 4) is 12.3 Å².